The van der Waals surface area contributed by atoms with Crippen LogP contribution < -0.4 is 0 Å². The van der Waals surface area contributed by atoms with Gasteiger partial charge in [0.2, 0.25) is 0 Å². The second-order valence-electron chi connectivity index (χ2n) is 4.63. The molecule has 1 aliphatic carbocycles. The van der Waals surface area contributed by atoms with Gasteiger partial charge in [-0.3, -0.25) is 9.78 Å². The van der Waals surface area contributed by atoms with Crippen LogP contribution in [0.5, 0.6) is 0 Å². The number of nitrogens with zero attached hydrogens (tertiary/aromatic N) is 2. The number of thiophene rings is 1. The van der Waals surface area contributed by atoms with E-state index in [1.165, 1.54) is 11.3 Å². The molecule has 2 aromatic heterocycles. The number of carbonyl (C=O) groups excluding carboxylic acids is 1. The smallest absolute Gasteiger partial charge is 0.264 e. The summed E-state index contributed by atoms with van der Waals surface area (Å²) >= 11 is 4.90. The van der Waals surface area contributed by atoms with Crippen molar-refractivity contribution >= 4 is 33.2 Å². The molecule has 3 nitrogen and oxygen atoms in total. The second-order valence-corrected chi connectivity index (χ2v) is 7.09. The number of halogens is 1. The molecule has 0 radical (unpaired) electrons. The molecule has 1 amide bonds. The summed E-state index contributed by atoms with van der Waals surface area (Å²) in [4.78, 5) is 19.4. The zero-order chi connectivity index (χ0) is 13.2. The Labute approximate surface area is 124 Å². The predicted molar refractivity (Wildman–Crippen MR) is 79.2 cm³/mol. The van der Waals surface area contributed by atoms with E-state index in [-0.39, 0.29) is 5.91 Å². The molecule has 1 aliphatic rings. The van der Waals surface area contributed by atoms with Crippen LogP contribution >= 0.6 is 27.3 Å². The Bertz CT molecular complexity index is 580. The first-order valence-electron chi connectivity index (χ1n) is 6.19. The summed E-state index contributed by atoms with van der Waals surface area (Å²) in [6.45, 7) is 0.646. The van der Waals surface area contributed by atoms with Crippen LogP contribution in [0, 0.1) is 0 Å². The number of hydrogen-bond donors (Lipinski definition) is 0. The average molecular weight is 337 g/mol. The van der Waals surface area contributed by atoms with Crippen LogP contribution in [0.1, 0.15) is 28.1 Å². The maximum absolute atomic E-state index is 12.5. The van der Waals surface area contributed by atoms with Gasteiger partial charge in [0.1, 0.15) is 0 Å². The first-order chi connectivity index (χ1) is 9.24. The molecule has 0 spiro atoms. The van der Waals surface area contributed by atoms with Crippen molar-refractivity contribution in [1.29, 1.82) is 0 Å². The van der Waals surface area contributed by atoms with E-state index in [1.807, 2.05) is 35.4 Å². The summed E-state index contributed by atoms with van der Waals surface area (Å²) in [5.41, 5.74) is 1.08. The minimum atomic E-state index is 0.127. The molecule has 0 bridgehead atoms. The molecule has 2 aromatic rings. The van der Waals surface area contributed by atoms with Crippen molar-refractivity contribution < 1.29 is 4.79 Å². The summed E-state index contributed by atoms with van der Waals surface area (Å²) in [6, 6.07) is 8.13. The third-order valence-electron chi connectivity index (χ3n) is 3.11. The van der Waals surface area contributed by atoms with Gasteiger partial charge in [0, 0.05) is 25.0 Å². The van der Waals surface area contributed by atoms with Gasteiger partial charge < -0.3 is 4.90 Å². The molecule has 1 fully saturated rings. The van der Waals surface area contributed by atoms with Gasteiger partial charge in [-0.1, -0.05) is 6.07 Å². The Balaban J connectivity index is 1.79. The molecule has 0 atom stereocenters. The Hall–Kier alpha value is -1.20. The summed E-state index contributed by atoms with van der Waals surface area (Å²) in [5, 5.41) is 0. The predicted octanol–water partition coefficient (Wildman–Crippen LogP) is 3.71. The highest BCUT2D eigenvalue weighted by Gasteiger charge is 2.33. The maximum atomic E-state index is 12.5. The number of hydrogen-bond acceptors (Lipinski definition) is 3. The molecular weight excluding hydrogens is 324 g/mol. The van der Waals surface area contributed by atoms with Gasteiger partial charge in [-0.15, -0.1) is 11.3 Å². The van der Waals surface area contributed by atoms with Crippen molar-refractivity contribution in [2.45, 2.75) is 25.4 Å². The molecule has 0 saturated heterocycles. The Morgan fingerprint density at radius 2 is 2.26 bits per heavy atom. The fourth-order valence-corrected chi connectivity index (χ4v) is 3.35. The van der Waals surface area contributed by atoms with Crippen LogP contribution in [0.3, 0.4) is 0 Å². The minimum absolute atomic E-state index is 0.127. The standard InChI is InChI=1S/C14H13BrN2OS/c15-13-6-5-12(19-13)14(18)17(11-3-4-11)9-10-2-1-7-16-8-10/h1-2,5-8,11H,3-4,9H2. The Morgan fingerprint density at radius 3 is 2.84 bits per heavy atom. The molecule has 1 saturated carbocycles. The highest BCUT2D eigenvalue weighted by Crippen LogP contribution is 2.32. The Kier molecular flexibility index (Phi) is 3.66. The van der Waals surface area contributed by atoms with Gasteiger partial charge in [-0.2, -0.15) is 0 Å². The van der Waals surface area contributed by atoms with Gasteiger partial charge in [0.25, 0.3) is 5.91 Å². The lowest BCUT2D eigenvalue weighted by atomic mass is 10.2. The van der Waals surface area contributed by atoms with Crippen LogP contribution in [0.25, 0.3) is 0 Å². The van der Waals surface area contributed by atoms with Gasteiger partial charge in [-0.25, -0.2) is 0 Å². The second kappa shape index (κ2) is 5.43. The average Bonchev–Trinajstić information content (AvgIpc) is 3.18. The molecule has 2 heterocycles. The summed E-state index contributed by atoms with van der Waals surface area (Å²) in [5.74, 6) is 0.127. The fourth-order valence-electron chi connectivity index (χ4n) is 2.01. The first-order valence-corrected chi connectivity index (χ1v) is 7.80. The van der Waals surface area contributed by atoms with Gasteiger partial charge in [0.15, 0.2) is 0 Å². The zero-order valence-corrected chi connectivity index (χ0v) is 12.7. The highest BCUT2D eigenvalue weighted by atomic mass is 79.9. The number of aromatic nitrogens is 1. The number of pyridine rings is 1. The fraction of sp³-hybridized carbons (Fsp3) is 0.286. The normalized spacial score (nSPS) is 14.4. The third kappa shape index (κ3) is 3.04. The number of rotatable bonds is 4. The van der Waals surface area contributed by atoms with E-state index < -0.39 is 0 Å². The van der Waals surface area contributed by atoms with E-state index in [9.17, 15) is 4.79 Å². The molecule has 0 unspecified atom stereocenters. The van der Waals surface area contributed by atoms with Crippen LogP contribution in [0.15, 0.2) is 40.4 Å². The molecular formula is C14H13BrN2OS. The van der Waals surface area contributed by atoms with Crippen LogP contribution in [-0.4, -0.2) is 21.8 Å². The van der Waals surface area contributed by atoms with Crippen molar-refractivity contribution in [3.8, 4) is 0 Å². The molecule has 98 valence electrons. The first kappa shape index (κ1) is 12.8. The number of amides is 1. The van der Waals surface area contributed by atoms with Crippen molar-refractivity contribution in [2.75, 3.05) is 0 Å². The zero-order valence-electron chi connectivity index (χ0n) is 10.3. The molecule has 5 heteroatoms. The lowest BCUT2D eigenvalue weighted by Gasteiger charge is -2.21. The maximum Gasteiger partial charge on any atom is 0.264 e. The molecule has 0 N–H and O–H groups in total. The van der Waals surface area contributed by atoms with Crippen LogP contribution in [0.2, 0.25) is 0 Å². The van der Waals surface area contributed by atoms with E-state index in [2.05, 4.69) is 20.9 Å². The molecule has 19 heavy (non-hydrogen) atoms. The molecule has 0 aromatic carbocycles. The van der Waals surface area contributed by atoms with E-state index in [0.717, 1.165) is 27.1 Å². The van der Waals surface area contributed by atoms with Crippen molar-refractivity contribution in [2.24, 2.45) is 0 Å². The van der Waals surface area contributed by atoms with Gasteiger partial charge in [-0.05, 0) is 52.5 Å². The number of carbonyl (C=O) groups is 1. The summed E-state index contributed by atoms with van der Waals surface area (Å²) < 4.78 is 0.993. The van der Waals surface area contributed by atoms with Crippen molar-refractivity contribution in [1.82, 2.24) is 9.88 Å². The van der Waals surface area contributed by atoms with Crippen LogP contribution in [0.4, 0.5) is 0 Å². The largest absolute Gasteiger partial charge is 0.331 e. The monoisotopic (exact) mass is 336 g/mol. The SMILES string of the molecule is O=C(c1ccc(Br)s1)N(Cc1cccnc1)C1CC1. The Morgan fingerprint density at radius 1 is 1.42 bits per heavy atom. The molecule has 0 aliphatic heterocycles. The van der Waals surface area contributed by atoms with Crippen molar-refractivity contribution in [3.05, 3.63) is 50.9 Å². The topological polar surface area (TPSA) is 33.2 Å². The molecule has 3 rings (SSSR count). The summed E-state index contributed by atoms with van der Waals surface area (Å²) in [6.07, 6.45) is 5.80. The lowest BCUT2D eigenvalue weighted by molar-refractivity contribution is 0.0735. The quantitative estimate of drug-likeness (QED) is 0.852. The van der Waals surface area contributed by atoms with E-state index in [1.54, 1.807) is 6.20 Å². The van der Waals surface area contributed by atoms with Crippen LogP contribution in [-0.2, 0) is 6.54 Å². The summed E-state index contributed by atoms with van der Waals surface area (Å²) in [7, 11) is 0. The van der Waals surface area contributed by atoms with E-state index >= 15 is 0 Å². The van der Waals surface area contributed by atoms with Gasteiger partial charge >= 0.3 is 0 Å². The van der Waals surface area contributed by atoms with E-state index in [0.29, 0.717) is 12.6 Å². The minimum Gasteiger partial charge on any atom is -0.331 e. The van der Waals surface area contributed by atoms with Crippen molar-refractivity contribution in [3.63, 3.8) is 0 Å². The third-order valence-corrected chi connectivity index (χ3v) is 4.72. The van der Waals surface area contributed by atoms with Gasteiger partial charge in [0.05, 0.1) is 8.66 Å². The lowest BCUT2D eigenvalue weighted by Crippen LogP contribution is -2.32. The highest BCUT2D eigenvalue weighted by molar-refractivity contribution is 9.11. The van der Waals surface area contributed by atoms with E-state index in [4.69, 9.17) is 0 Å².